The summed E-state index contributed by atoms with van der Waals surface area (Å²) in [6, 6.07) is 9.26. The second-order valence-corrected chi connectivity index (χ2v) is 4.35. The van der Waals surface area contributed by atoms with Crippen LogP contribution < -0.4 is 0 Å². The molecule has 78 valence electrons. The molecule has 0 amide bonds. The molecule has 14 heavy (non-hydrogen) atoms. The molecular weight excluding hydrogens is 190 g/mol. The monoisotopic (exact) mass is 209 g/mol. The summed E-state index contributed by atoms with van der Waals surface area (Å²) in [5.41, 5.74) is 2.70. The van der Waals surface area contributed by atoms with Crippen LogP contribution in [0.3, 0.4) is 0 Å². The Morgan fingerprint density at radius 1 is 1.21 bits per heavy atom. The van der Waals surface area contributed by atoms with E-state index in [2.05, 4.69) is 62.8 Å². The highest BCUT2D eigenvalue weighted by Crippen LogP contribution is 2.22. The van der Waals surface area contributed by atoms with E-state index in [1.54, 1.807) is 0 Å². The molecule has 0 aliphatic carbocycles. The third-order valence-corrected chi connectivity index (χ3v) is 2.75. The molecule has 0 aromatic heterocycles. The molecule has 0 N–H and O–H groups in total. The summed E-state index contributed by atoms with van der Waals surface area (Å²) in [5, 5.41) is 0. The summed E-state index contributed by atoms with van der Waals surface area (Å²) in [7, 11) is 4.24. The van der Waals surface area contributed by atoms with Crippen molar-refractivity contribution in [1.29, 1.82) is 0 Å². The van der Waals surface area contributed by atoms with Gasteiger partial charge in [-0.3, -0.25) is 0 Å². The van der Waals surface area contributed by atoms with Crippen molar-refractivity contribution < 1.29 is 0 Å². The number of hydrogen-bond donors (Lipinski definition) is 1. The van der Waals surface area contributed by atoms with Gasteiger partial charge in [0.15, 0.2) is 0 Å². The van der Waals surface area contributed by atoms with Gasteiger partial charge in [0, 0.05) is 6.04 Å². The maximum Gasteiger partial charge on any atom is 0.0349 e. The number of benzene rings is 1. The molecule has 0 bridgehead atoms. The summed E-state index contributed by atoms with van der Waals surface area (Å²) < 4.78 is 0. The van der Waals surface area contributed by atoms with Crippen LogP contribution >= 0.6 is 12.6 Å². The molecule has 0 saturated heterocycles. The zero-order valence-electron chi connectivity index (χ0n) is 9.20. The summed E-state index contributed by atoms with van der Waals surface area (Å²) in [4.78, 5) is 2.25. The predicted molar refractivity (Wildman–Crippen MR) is 66.1 cm³/mol. The first-order valence-corrected chi connectivity index (χ1v) is 5.62. The molecule has 0 fully saturated rings. The molecule has 1 aromatic rings. The fourth-order valence-electron chi connectivity index (χ4n) is 1.63. The van der Waals surface area contributed by atoms with Crippen LogP contribution in [0.25, 0.3) is 0 Å². The molecule has 2 heteroatoms. The number of aryl methyl sites for hydroxylation is 1. The van der Waals surface area contributed by atoms with Crippen LogP contribution in [0.4, 0.5) is 0 Å². The van der Waals surface area contributed by atoms with Gasteiger partial charge in [-0.25, -0.2) is 0 Å². The van der Waals surface area contributed by atoms with Gasteiger partial charge >= 0.3 is 0 Å². The highest BCUT2D eigenvalue weighted by atomic mass is 32.1. The van der Waals surface area contributed by atoms with Crippen molar-refractivity contribution in [2.45, 2.75) is 19.4 Å². The van der Waals surface area contributed by atoms with Gasteiger partial charge in [0.1, 0.15) is 0 Å². The van der Waals surface area contributed by atoms with Gasteiger partial charge in [0.05, 0.1) is 0 Å². The SMILES string of the molecule is Cc1ccc(C(CCS)N(C)C)cc1. The van der Waals surface area contributed by atoms with E-state index in [9.17, 15) is 0 Å². The van der Waals surface area contributed by atoms with Gasteiger partial charge < -0.3 is 4.90 Å². The summed E-state index contributed by atoms with van der Waals surface area (Å²) in [6.07, 6.45) is 1.10. The Hall–Kier alpha value is -0.470. The molecular formula is C12H19NS. The lowest BCUT2D eigenvalue weighted by Gasteiger charge is -2.24. The molecule has 0 spiro atoms. The van der Waals surface area contributed by atoms with E-state index in [4.69, 9.17) is 0 Å². The Kier molecular flexibility index (Phi) is 4.49. The largest absolute Gasteiger partial charge is 0.302 e. The zero-order chi connectivity index (χ0) is 10.6. The first kappa shape index (κ1) is 11.6. The number of nitrogens with zero attached hydrogens (tertiary/aromatic N) is 1. The summed E-state index contributed by atoms with van der Waals surface area (Å²) in [6.45, 7) is 2.12. The van der Waals surface area contributed by atoms with Crippen LogP contribution in [-0.4, -0.2) is 24.7 Å². The van der Waals surface area contributed by atoms with Crippen LogP contribution in [0.15, 0.2) is 24.3 Å². The van der Waals surface area contributed by atoms with Gasteiger partial charge in [-0.1, -0.05) is 29.8 Å². The highest BCUT2D eigenvalue weighted by Gasteiger charge is 2.12. The third-order valence-electron chi connectivity index (χ3n) is 2.49. The van der Waals surface area contributed by atoms with Gasteiger partial charge in [-0.15, -0.1) is 0 Å². The minimum Gasteiger partial charge on any atom is -0.302 e. The molecule has 1 nitrogen and oxygen atoms in total. The minimum atomic E-state index is 0.494. The lowest BCUT2D eigenvalue weighted by molar-refractivity contribution is 0.293. The number of hydrogen-bond acceptors (Lipinski definition) is 2. The molecule has 0 saturated carbocycles. The van der Waals surface area contributed by atoms with Crippen molar-refractivity contribution in [1.82, 2.24) is 4.90 Å². The van der Waals surface area contributed by atoms with Crippen molar-refractivity contribution in [2.24, 2.45) is 0 Å². The molecule has 1 atom stereocenters. The molecule has 0 aliphatic rings. The van der Waals surface area contributed by atoms with Gasteiger partial charge in [0.25, 0.3) is 0 Å². The van der Waals surface area contributed by atoms with Crippen LogP contribution in [0.2, 0.25) is 0 Å². The van der Waals surface area contributed by atoms with Gasteiger partial charge in [-0.05, 0) is 38.8 Å². The van der Waals surface area contributed by atoms with E-state index in [1.165, 1.54) is 11.1 Å². The van der Waals surface area contributed by atoms with E-state index < -0.39 is 0 Å². The van der Waals surface area contributed by atoms with Crippen molar-refractivity contribution in [2.75, 3.05) is 19.8 Å². The van der Waals surface area contributed by atoms with Crippen molar-refractivity contribution >= 4 is 12.6 Å². The van der Waals surface area contributed by atoms with E-state index in [0.717, 1.165) is 12.2 Å². The van der Waals surface area contributed by atoms with E-state index in [1.807, 2.05) is 0 Å². The Morgan fingerprint density at radius 3 is 2.21 bits per heavy atom. The normalized spacial score (nSPS) is 13.2. The quantitative estimate of drug-likeness (QED) is 0.746. The standard InChI is InChI=1S/C12H19NS/c1-10-4-6-11(7-5-10)12(8-9-14)13(2)3/h4-7,12,14H,8-9H2,1-3H3. The van der Waals surface area contributed by atoms with Crippen LogP contribution in [0, 0.1) is 6.92 Å². The van der Waals surface area contributed by atoms with Crippen molar-refractivity contribution in [3.8, 4) is 0 Å². The third kappa shape index (κ3) is 3.03. The van der Waals surface area contributed by atoms with Crippen molar-refractivity contribution in [3.05, 3.63) is 35.4 Å². The second kappa shape index (κ2) is 5.42. The second-order valence-electron chi connectivity index (χ2n) is 3.90. The summed E-state index contributed by atoms with van der Waals surface area (Å²) >= 11 is 4.30. The molecule has 1 aromatic carbocycles. The van der Waals surface area contributed by atoms with E-state index in [0.29, 0.717) is 6.04 Å². The average molecular weight is 209 g/mol. The Labute approximate surface area is 92.5 Å². The topological polar surface area (TPSA) is 3.24 Å². The van der Waals surface area contributed by atoms with Gasteiger partial charge in [-0.2, -0.15) is 12.6 Å². The number of thiol groups is 1. The highest BCUT2D eigenvalue weighted by molar-refractivity contribution is 7.80. The van der Waals surface area contributed by atoms with E-state index >= 15 is 0 Å². The number of rotatable bonds is 4. The first-order valence-electron chi connectivity index (χ1n) is 4.99. The Balaban J connectivity index is 2.82. The average Bonchev–Trinajstić information content (AvgIpc) is 2.15. The predicted octanol–water partition coefficient (Wildman–Crippen LogP) is 2.92. The fourth-order valence-corrected chi connectivity index (χ4v) is 1.88. The molecule has 1 unspecified atom stereocenters. The maximum absolute atomic E-state index is 4.30. The minimum absolute atomic E-state index is 0.494. The molecule has 0 aliphatic heterocycles. The van der Waals surface area contributed by atoms with Crippen LogP contribution in [0.1, 0.15) is 23.6 Å². The van der Waals surface area contributed by atoms with Crippen molar-refractivity contribution in [3.63, 3.8) is 0 Å². The van der Waals surface area contributed by atoms with Gasteiger partial charge in [0.2, 0.25) is 0 Å². The van der Waals surface area contributed by atoms with Crippen LogP contribution in [0.5, 0.6) is 0 Å². The maximum atomic E-state index is 4.30. The Morgan fingerprint density at radius 2 is 1.79 bits per heavy atom. The molecule has 1 rings (SSSR count). The first-order chi connectivity index (χ1) is 6.65. The molecule has 0 radical (unpaired) electrons. The summed E-state index contributed by atoms with van der Waals surface area (Å²) in [5.74, 6) is 0.927. The Bertz CT molecular complexity index is 266. The zero-order valence-corrected chi connectivity index (χ0v) is 10.1. The smallest absolute Gasteiger partial charge is 0.0349 e. The fraction of sp³-hybridized carbons (Fsp3) is 0.500. The lowest BCUT2D eigenvalue weighted by atomic mass is 10.0. The molecule has 0 heterocycles. The lowest BCUT2D eigenvalue weighted by Crippen LogP contribution is -2.20. The van der Waals surface area contributed by atoms with Crippen LogP contribution in [-0.2, 0) is 0 Å². The van der Waals surface area contributed by atoms with E-state index in [-0.39, 0.29) is 0 Å².